The van der Waals surface area contributed by atoms with Crippen molar-refractivity contribution in [3.05, 3.63) is 24.0 Å². The number of nitrogens with one attached hydrogen (secondary N) is 1. The van der Waals surface area contributed by atoms with Crippen LogP contribution in [0.3, 0.4) is 0 Å². The first-order chi connectivity index (χ1) is 7.07. The Morgan fingerprint density at radius 3 is 2.80 bits per heavy atom. The molecule has 5 nitrogen and oxygen atoms in total. The molecule has 0 bridgehead atoms. The molecule has 2 unspecified atom stereocenters. The highest BCUT2D eigenvalue weighted by molar-refractivity contribution is 6.26. The first-order valence-electron chi connectivity index (χ1n) is 4.27. The Balaban J connectivity index is 2.98. The van der Waals surface area contributed by atoms with Gasteiger partial charge in [0.25, 0.3) is 0 Å². The number of hydrazine groups is 1. The number of alkyl halides is 1. The third-order valence-electron chi connectivity index (χ3n) is 2.19. The van der Waals surface area contributed by atoms with Crippen LogP contribution in [0, 0.1) is 5.92 Å². The smallest absolute Gasteiger partial charge is 0.245 e. The maximum absolute atomic E-state index is 11.4. The molecule has 0 heterocycles. The topological polar surface area (TPSA) is 73.6 Å². The van der Waals surface area contributed by atoms with Crippen molar-refractivity contribution in [2.75, 3.05) is 14.2 Å². The molecule has 15 heavy (non-hydrogen) atoms. The molecule has 6 heteroatoms. The van der Waals surface area contributed by atoms with E-state index in [2.05, 4.69) is 0 Å². The first-order valence-corrected chi connectivity index (χ1v) is 4.64. The molecule has 1 amide bonds. The minimum Gasteiger partial charge on any atom is -0.497 e. The van der Waals surface area contributed by atoms with Gasteiger partial charge in [0, 0.05) is 13.2 Å². The van der Waals surface area contributed by atoms with Crippen LogP contribution in [0.15, 0.2) is 24.0 Å². The van der Waals surface area contributed by atoms with Gasteiger partial charge < -0.3 is 9.47 Å². The van der Waals surface area contributed by atoms with E-state index in [0.29, 0.717) is 5.76 Å². The summed E-state index contributed by atoms with van der Waals surface area (Å²) in [7, 11) is 2.92. The van der Waals surface area contributed by atoms with Crippen molar-refractivity contribution >= 4 is 17.5 Å². The van der Waals surface area contributed by atoms with Crippen LogP contribution in [-0.4, -0.2) is 25.2 Å². The van der Waals surface area contributed by atoms with Gasteiger partial charge in [-0.2, -0.15) is 0 Å². The average Bonchev–Trinajstić information content (AvgIpc) is 2.27. The van der Waals surface area contributed by atoms with E-state index in [1.54, 1.807) is 12.2 Å². The Morgan fingerprint density at radius 2 is 2.33 bits per heavy atom. The second-order valence-electron chi connectivity index (χ2n) is 3.00. The second kappa shape index (κ2) is 4.65. The lowest BCUT2D eigenvalue weighted by atomic mass is 9.95. The summed E-state index contributed by atoms with van der Waals surface area (Å²) in [6.07, 6.45) is 4.74. The summed E-state index contributed by atoms with van der Waals surface area (Å²) >= 11 is 6.13. The highest BCUT2D eigenvalue weighted by Gasteiger charge is 2.41. The molecule has 0 saturated carbocycles. The largest absolute Gasteiger partial charge is 0.497 e. The lowest BCUT2D eigenvalue weighted by Gasteiger charge is -2.30. The lowest BCUT2D eigenvalue weighted by Crippen LogP contribution is -2.46. The van der Waals surface area contributed by atoms with Crippen molar-refractivity contribution in [1.82, 2.24) is 5.43 Å². The zero-order valence-corrected chi connectivity index (χ0v) is 9.25. The molecule has 1 rings (SSSR count). The van der Waals surface area contributed by atoms with Gasteiger partial charge in [0.05, 0.1) is 7.11 Å². The first kappa shape index (κ1) is 12.0. The molecule has 0 aromatic rings. The number of ether oxygens (including phenoxy) is 2. The van der Waals surface area contributed by atoms with Gasteiger partial charge >= 0.3 is 0 Å². The van der Waals surface area contributed by atoms with Crippen molar-refractivity contribution in [3.8, 4) is 0 Å². The fourth-order valence-corrected chi connectivity index (χ4v) is 1.60. The van der Waals surface area contributed by atoms with Crippen LogP contribution < -0.4 is 11.3 Å². The van der Waals surface area contributed by atoms with E-state index in [0.717, 1.165) is 0 Å². The summed E-state index contributed by atoms with van der Waals surface area (Å²) in [4.78, 5) is 11.4. The number of rotatable bonds is 3. The number of amides is 1. The van der Waals surface area contributed by atoms with Crippen LogP contribution in [-0.2, 0) is 14.3 Å². The highest BCUT2D eigenvalue weighted by Crippen LogP contribution is 2.34. The van der Waals surface area contributed by atoms with Crippen LogP contribution >= 0.6 is 11.6 Å². The third kappa shape index (κ3) is 2.31. The van der Waals surface area contributed by atoms with Gasteiger partial charge in [-0.05, 0) is 6.08 Å². The van der Waals surface area contributed by atoms with Crippen LogP contribution in [0.25, 0.3) is 0 Å². The van der Waals surface area contributed by atoms with Crippen LogP contribution in [0.5, 0.6) is 0 Å². The number of carbonyl (C=O) groups is 1. The molecule has 0 aliphatic heterocycles. The number of allylic oxidation sites excluding steroid dienone is 1. The maximum atomic E-state index is 11.4. The minimum absolute atomic E-state index is 0.422. The van der Waals surface area contributed by atoms with Crippen molar-refractivity contribution < 1.29 is 14.3 Å². The van der Waals surface area contributed by atoms with Crippen molar-refractivity contribution in [1.29, 1.82) is 0 Å². The number of nitrogens with two attached hydrogens (primary N) is 1. The molecule has 1 aliphatic carbocycles. The molecule has 84 valence electrons. The molecule has 0 saturated heterocycles. The molecule has 2 atom stereocenters. The maximum Gasteiger partial charge on any atom is 0.245 e. The van der Waals surface area contributed by atoms with E-state index in [1.165, 1.54) is 20.3 Å². The zero-order chi connectivity index (χ0) is 11.5. The zero-order valence-electron chi connectivity index (χ0n) is 8.49. The predicted octanol–water partition coefficient (Wildman–Crippen LogP) is 0.274. The Hall–Kier alpha value is -1.04. The van der Waals surface area contributed by atoms with E-state index in [-0.39, 0.29) is 0 Å². The van der Waals surface area contributed by atoms with Crippen LogP contribution in [0.1, 0.15) is 0 Å². The van der Waals surface area contributed by atoms with Crippen molar-refractivity contribution in [3.63, 3.8) is 0 Å². The molecule has 0 fully saturated rings. The summed E-state index contributed by atoms with van der Waals surface area (Å²) in [5, 5.41) is -1.26. The molecular weight excluding hydrogens is 220 g/mol. The van der Waals surface area contributed by atoms with Gasteiger partial charge in [-0.25, -0.2) is 5.84 Å². The Labute approximate surface area is 92.8 Å². The number of methoxy groups -OCH3 is 2. The number of hydrogen-bond donors (Lipinski definition) is 2. The predicted molar refractivity (Wildman–Crippen MR) is 55.6 cm³/mol. The van der Waals surface area contributed by atoms with Crippen LogP contribution in [0.2, 0.25) is 0 Å². The molecule has 1 aliphatic rings. The molecular formula is C9H13ClN2O3. The Bertz CT molecular complexity index is 316. The van der Waals surface area contributed by atoms with Gasteiger partial charge in [0.15, 0.2) is 5.06 Å². The van der Waals surface area contributed by atoms with Crippen LogP contribution in [0.4, 0.5) is 0 Å². The molecule has 0 spiro atoms. The number of hydrogen-bond acceptors (Lipinski definition) is 4. The summed E-state index contributed by atoms with van der Waals surface area (Å²) < 4.78 is 10.1. The Morgan fingerprint density at radius 1 is 1.67 bits per heavy atom. The molecule has 0 radical (unpaired) electrons. The second-order valence-corrected chi connectivity index (χ2v) is 3.59. The fourth-order valence-electron chi connectivity index (χ4n) is 1.32. The van der Waals surface area contributed by atoms with E-state index in [4.69, 9.17) is 26.9 Å². The summed E-state index contributed by atoms with van der Waals surface area (Å²) in [6, 6.07) is 0. The van der Waals surface area contributed by atoms with E-state index >= 15 is 0 Å². The van der Waals surface area contributed by atoms with Crippen molar-refractivity contribution in [2.24, 2.45) is 11.8 Å². The van der Waals surface area contributed by atoms with E-state index < -0.39 is 16.9 Å². The van der Waals surface area contributed by atoms with Gasteiger partial charge in [0.1, 0.15) is 11.7 Å². The minimum atomic E-state index is -1.26. The van der Waals surface area contributed by atoms with Gasteiger partial charge in [0.2, 0.25) is 5.91 Å². The third-order valence-corrected chi connectivity index (χ3v) is 2.69. The van der Waals surface area contributed by atoms with Gasteiger partial charge in [-0.1, -0.05) is 17.7 Å². The fraction of sp³-hybridized carbons (Fsp3) is 0.444. The summed E-state index contributed by atoms with van der Waals surface area (Å²) in [6.45, 7) is 0. The van der Waals surface area contributed by atoms with E-state index in [1.807, 2.05) is 5.43 Å². The SMILES string of the molecule is COC1=CC(Cl)(OC)C(C(=O)NN)C=C1. The normalized spacial score (nSPS) is 29.6. The van der Waals surface area contributed by atoms with Gasteiger partial charge in [-0.15, -0.1) is 0 Å². The molecule has 3 N–H and O–H groups in total. The Kier molecular flexibility index (Phi) is 3.73. The van der Waals surface area contributed by atoms with Crippen molar-refractivity contribution in [2.45, 2.75) is 5.06 Å². The lowest BCUT2D eigenvalue weighted by molar-refractivity contribution is -0.127. The molecule has 0 aromatic heterocycles. The summed E-state index contributed by atoms with van der Waals surface area (Å²) in [5.41, 5.74) is 2.03. The van der Waals surface area contributed by atoms with Gasteiger partial charge in [-0.3, -0.25) is 10.2 Å². The quantitative estimate of drug-likeness (QED) is 0.317. The van der Waals surface area contributed by atoms with E-state index in [9.17, 15) is 4.79 Å². The number of carbonyl (C=O) groups excluding carboxylic acids is 1. The summed E-state index contributed by atoms with van der Waals surface area (Å²) in [5.74, 6) is 4.47. The number of halogens is 1. The monoisotopic (exact) mass is 232 g/mol. The highest BCUT2D eigenvalue weighted by atomic mass is 35.5. The standard InChI is InChI=1S/C9H13ClN2O3/c1-14-6-3-4-7(8(13)12-11)9(10,5-6)15-2/h3-5,7H,11H2,1-2H3,(H,12,13). The average molecular weight is 233 g/mol. The molecule has 0 aromatic carbocycles.